The molecule has 0 saturated heterocycles. The van der Waals surface area contributed by atoms with Gasteiger partial charge in [-0.2, -0.15) is 0 Å². The molecule has 0 aliphatic carbocycles. The van der Waals surface area contributed by atoms with Crippen LogP contribution >= 0.6 is 33.9 Å². The predicted molar refractivity (Wildman–Crippen MR) is 70.9 cm³/mol. The van der Waals surface area contributed by atoms with Gasteiger partial charge in [0.25, 0.3) is 0 Å². The van der Waals surface area contributed by atoms with Crippen LogP contribution in [0.5, 0.6) is 0 Å². The second-order valence-electron chi connectivity index (χ2n) is 3.32. The van der Waals surface area contributed by atoms with Crippen LogP contribution in [0, 0.1) is 3.57 Å². The molecular weight excluding hydrogens is 305 g/mol. The third-order valence-electron chi connectivity index (χ3n) is 2.29. The van der Waals surface area contributed by atoms with Crippen LogP contribution in [0.25, 0.3) is 10.1 Å². The first-order valence-corrected chi connectivity index (χ1v) is 6.79. The first-order chi connectivity index (χ1) is 6.83. The summed E-state index contributed by atoms with van der Waals surface area (Å²) in [5.74, 6) is 0. The molecule has 0 fully saturated rings. The van der Waals surface area contributed by atoms with Crippen molar-refractivity contribution < 1.29 is 0 Å². The Bertz CT molecular complexity index is 436. The third-order valence-corrected chi connectivity index (χ3v) is 4.34. The molecule has 0 aliphatic heterocycles. The van der Waals surface area contributed by atoms with Crippen molar-refractivity contribution in [2.45, 2.75) is 26.2 Å². The quantitative estimate of drug-likeness (QED) is 0.772. The molecule has 74 valence electrons. The van der Waals surface area contributed by atoms with E-state index < -0.39 is 0 Å². The number of hydrogen-bond acceptors (Lipinski definition) is 2. The second-order valence-corrected chi connectivity index (χ2v) is 5.35. The zero-order chi connectivity index (χ0) is 9.97. The number of thiophene rings is 1. The monoisotopic (exact) mass is 317 g/mol. The lowest BCUT2D eigenvalue weighted by atomic mass is 10.1. The maximum atomic E-state index is 4.52. The normalized spacial score (nSPS) is 11.0. The molecule has 0 atom stereocenters. The van der Waals surface area contributed by atoms with E-state index in [1.807, 2.05) is 6.20 Å². The molecule has 0 unspecified atom stereocenters. The van der Waals surface area contributed by atoms with Crippen LogP contribution in [0.1, 0.15) is 25.5 Å². The number of nitrogens with zero attached hydrogens (tertiary/aromatic N) is 1. The van der Waals surface area contributed by atoms with Gasteiger partial charge in [-0.15, -0.1) is 11.3 Å². The van der Waals surface area contributed by atoms with Gasteiger partial charge in [0.2, 0.25) is 0 Å². The summed E-state index contributed by atoms with van der Waals surface area (Å²) in [7, 11) is 0. The van der Waals surface area contributed by atoms with E-state index in [0.717, 1.165) is 6.42 Å². The molecule has 0 N–H and O–H groups in total. The standard InChI is InChI=1S/C11H12INS/c1-2-3-4-9-11(12)8-5-6-14-10(8)7-13-9/h5-7H,2-4H2,1H3. The maximum absolute atomic E-state index is 4.52. The molecule has 0 radical (unpaired) electrons. The zero-order valence-electron chi connectivity index (χ0n) is 8.09. The van der Waals surface area contributed by atoms with E-state index in [0.29, 0.717) is 0 Å². The summed E-state index contributed by atoms with van der Waals surface area (Å²) < 4.78 is 2.64. The molecule has 2 aromatic heterocycles. The van der Waals surface area contributed by atoms with Crippen molar-refractivity contribution >= 4 is 44.0 Å². The van der Waals surface area contributed by atoms with Gasteiger partial charge in [0.1, 0.15) is 0 Å². The molecule has 2 heterocycles. The molecule has 0 amide bonds. The number of fused-ring (bicyclic) bond motifs is 1. The van der Waals surface area contributed by atoms with Crippen molar-refractivity contribution in [2.24, 2.45) is 0 Å². The first-order valence-electron chi connectivity index (χ1n) is 4.83. The van der Waals surface area contributed by atoms with E-state index in [4.69, 9.17) is 0 Å². The Labute approximate surface area is 102 Å². The van der Waals surface area contributed by atoms with Crippen LogP contribution in [0.15, 0.2) is 17.6 Å². The molecule has 2 aromatic rings. The topological polar surface area (TPSA) is 12.9 Å². The Balaban J connectivity index is 2.40. The van der Waals surface area contributed by atoms with Crippen LogP contribution < -0.4 is 0 Å². The van der Waals surface area contributed by atoms with Crippen molar-refractivity contribution in [1.29, 1.82) is 0 Å². The van der Waals surface area contributed by atoms with Crippen LogP contribution in [0.2, 0.25) is 0 Å². The van der Waals surface area contributed by atoms with Crippen molar-refractivity contribution in [2.75, 3.05) is 0 Å². The minimum Gasteiger partial charge on any atom is -0.259 e. The fourth-order valence-corrected chi connectivity index (χ4v) is 3.29. The van der Waals surface area contributed by atoms with Crippen molar-refractivity contribution in [3.05, 3.63) is 26.9 Å². The van der Waals surface area contributed by atoms with Crippen molar-refractivity contribution in [1.82, 2.24) is 4.98 Å². The van der Waals surface area contributed by atoms with Gasteiger partial charge in [0.05, 0.1) is 10.4 Å². The van der Waals surface area contributed by atoms with Crippen molar-refractivity contribution in [3.8, 4) is 0 Å². The van der Waals surface area contributed by atoms with Gasteiger partial charge in [0, 0.05) is 15.2 Å². The Kier molecular flexibility index (Phi) is 3.38. The minimum atomic E-state index is 1.11. The lowest BCUT2D eigenvalue weighted by Gasteiger charge is -2.03. The van der Waals surface area contributed by atoms with Gasteiger partial charge in [-0.1, -0.05) is 13.3 Å². The highest BCUT2D eigenvalue weighted by atomic mass is 127. The minimum absolute atomic E-state index is 1.11. The Morgan fingerprint density at radius 2 is 2.36 bits per heavy atom. The second kappa shape index (κ2) is 4.57. The predicted octanol–water partition coefficient (Wildman–Crippen LogP) is 4.24. The van der Waals surface area contributed by atoms with Crippen molar-refractivity contribution in [3.63, 3.8) is 0 Å². The van der Waals surface area contributed by atoms with E-state index in [-0.39, 0.29) is 0 Å². The van der Waals surface area contributed by atoms with Gasteiger partial charge >= 0.3 is 0 Å². The molecule has 0 spiro atoms. The van der Waals surface area contributed by atoms with Crippen LogP contribution in [-0.2, 0) is 6.42 Å². The number of aryl methyl sites for hydroxylation is 1. The molecule has 0 aliphatic rings. The Morgan fingerprint density at radius 1 is 1.50 bits per heavy atom. The van der Waals surface area contributed by atoms with E-state index in [2.05, 4.69) is 45.9 Å². The Morgan fingerprint density at radius 3 is 3.14 bits per heavy atom. The van der Waals surface area contributed by atoms with E-state index in [1.165, 1.54) is 32.2 Å². The van der Waals surface area contributed by atoms with Crippen LogP contribution in [0.4, 0.5) is 0 Å². The molecule has 0 bridgehead atoms. The highest BCUT2D eigenvalue weighted by Crippen LogP contribution is 2.27. The van der Waals surface area contributed by atoms with E-state index in [9.17, 15) is 0 Å². The molecule has 3 heteroatoms. The average molecular weight is 317 g/mol. The Hall–Kier alpha value is -0.160. The molecule has 14 heavy (non-hydrogen) atoms. The summed E-state index contributed by atoms with van der Waals surface area (Å²) >= 11 is 4.19. The molecule has 0 aromatic carbocycles. The zero-order valence-corrected chi connectivity index (χ0v) is 11.1. The van der Waals surface area contributed by atoms with E-state index >= 15 is 0 Å². The van der Waals surface area contributed by atoms with Crippen LogP contribution in [0.3, 0.4) is 0 Å². The van der Waals surface area contributed by atoms with Gasteiger partial charge in [-0.3, -0.25) is 4.98 Å². The fraction of sp³-hybridized carbons (Fsp3) is 0.364. The van der Waals surface area contributed by atoms with Gasteiger partial charge in [0.15, 0.2) is 0 Å². The lowest BCUT2D eigenvalue weighted by molar-refractivity contribution is 0.775. The highest BCUT2D eigenvalue weighted by molar-refractivity contribution is 14.1. The SMILES string of the molecule is CCCCc1ncc2sccc2c1I. The lowest BCUT2D eigenvalue weighted by Crippen LogP contribution is -1.93. The van der Waals surface area contributed by atoms with Gasteiger partial charge in [-0.05, 0) is 46.9 Å². The number of unbranched alkanes of at least 4 members (excludes halogenated alkanes) is 1. The maximum Gasteiger partial charge on any atom is 0.0544 e. The number of hydrogen-bond donors (Lipinski definition) is 0. The van der Waals surface area contributed by atoms with E-state index in [1.54, 1.807) is 11.3 Å². The first kappa shape index (κ1) is 10.4. The molecule has 2 rings (SSSR count). The number of aromatic nitrogens is 1. The summed E-state index contributed by atoms with van der Waals surface area (Å²) in [6.45, 7) is 2.22. The van der Waals surface area contributed by atoms with Gasteiger partial charge < -0.3 is 0 Å². The number of pyridine rings is 1. The molecule has 0 saturated carbocycles. The summed E-state index contributed by atoms with van der Waals surface area (Å²) in [6, 6.07) is 2.19. The summed E-state index contributed by atoms with van der Waals surface area (Å²) in [5, 5.41) is 3.51. The summed E-state index contributed by atoms with van der Waals surface area (Å²) in [4.78, 5) is 4.52. The molecular formula is C11H12INS. The number of halogens is 1. The highest BCUT2D eigenvalue weighted by Gasteiger charge is 2.06. The summed E-state index contributed by atoms with van der Waals surface area (Å²) in [6.07, 6.45) is 5.59. The molecule has 1 nitrogen and oxygen atoms in total. The summed E-state index contributed by atoms with van der Waals surface area (Å²) in [5.41, 5.74) is 1.26. The average Bonchev–Trinajstić information content (AvgIpc) is 2.66. The van der Waals surface area contributed by atoms with Gasteiger partial charge in [-0.25, -0.2) is 0 Å². The number of rotatable bonds is 3. The fourth-order valence-electron chi connectivity index (χ4n) is 1.47. The largest absolute Gasteiger partial charge is 0.259 e. The van der Waals surface area contributed by atoms with Crippen LogP contribution in [-0.4, -0.2) is 4.98 Å². The third kappa shape index (κ3) is 1.93. The smallest absolute Gasteiger partial charge is 0.0544 e.